The third-order valence-corrected chi connectivity index (χ3v) is 1.75. The molecule has 0 radical (unpaired) electrons. The highest BCUT2D eigenvalue weighted by Gasteiger charge is 2.15. The molecular weight excluding hydrogens is 212 g/mol. The molecule has 0 spiro atoms. The molecule has 0 aliphatic rings. The first-order chi connectivity index (χ1) is 7.49. The Labute approximate surface area is 92.0 Å². The first-order valence-corrected chi connectivity index (χ1v) is 4.55. The molecule has 0 saturated carbocycles. The van der Waals surface area contributed by atoms with Crippen LogP contribution in [-0.4, -0.2) is 23.1 Å². The molecule has 0 aliphatic heterocycles. The summed E-state index contributed by atoms with van der Waals surface area (Å²) >= 11 is 0. The molecule has 0 aliphatic carbocycles. The highest BCUT2D eigenvalue weighted by Crippen LogP contribution is 2.18. The van der Waals surface area contributed by atoms with Gasteiger partial charge in [-0.25, -0.2) is 4.79 Å². The first kappa shape index (κ1) is 11.8. The fraction of sp³-hybridized carbons (Fsp3) is 0.200. The number of hydrogen-bond donors (Lipinski definition) is 3. The van der Waals surface area contributed by atoms with E-state index in [4.69, 9.17) is 15.6 Å². The molecule has 1 unspecified atom stereocenters. The molecule has 86 valence electrons. The minimum absolute atomic E-state index is 0.0278. The number of carbonyl (C=O) groups excluding carboxylic acids is 2. The van der Waals surface area contributed by atoms with Gasteiger partial charge in [0.15, 0.2) is 6.10 Å². The van der Waals surface area contributed by atoms with Crippen molar-refractivity contribution in [3.05, 3.63) is 24.3 Å². The van der Waals surface area contributed by atoms with Gasteiger partial charge in [0.05, 0.1) is 0 Å². The number of rotatable bonds is 3. The number of phenols is 1. The van der Waals surface area contributed by atoms with Crippen LogP contribution in [0.25, 0.3) is 0 Å². The summed E-state index contributed by atoms with van der Waals surface area (Å²) in [6, 6.07) is 5.04. The van der Waals surface area contributed by atoms with Crippen molar-refractivity contribution in [2.75, 3.05) is 0 Å². The molecule has 1 aromatic rings. The van der Waals surface area contributed by atoms with Gasteiger partial charge in [0.1, 0.15) is 11.5 Å². The Balaban J connectivity index is 2.60. The zero-order valence-electron chi connectivity index (χ0n) is 8.64. The van der Waals surface area contributed by atoms with Crippen LogP contribution in [0.2, 0.25) is 0 Å². The van der Waals surface area contributed by atoms with Crippen molar-refractivity contribution in [3.8, 4) is 11.5 Å². The summed E-state index contributed by atoms with van der Waals surface area (Å²) in [6.07, 6.45) is -0.880. The average Bonchev–Trinajstić information content (AvgIpc) is 2.16. The summed E-state index contributed by atoms with van der Waals surface area (Å²) in [4.78, 5) is 21.7. The van der Waals surface area contributed by atoms with Gasteiger partial charge in [-0.1, -0.05) is 6.07 Å². The van der Waals surface area contributed by atoms with E-state index in [1.165, 1.54) is 19.1 Å². The number of hydrogen-bond acceptors (Lipinski definition) is 4. The number of ether oxygens (including phenoxy) is 1. The Kier molecular flexibility index (Phi) is 3.71. The molecule has 0 bridgehead atoms. The largest absolute Gasteiger partial charge is 0.508 e. The van der Waals surface area contributed by atoms with Crippen LogP contribution >= 0.6 is 0 Å². The highest BCUT2D eigenvalue weighted by molar-refractivity contribution is 5.95. The molecule has 3 amide bonds. The van der Waals surface area contributed by atoms with Gasteiger partial charge in [0, 0.05) is 6.07 Å². The van der Waals surface area contributed by atoms with Gasteiger partial charge < -0.3 is 15.6 Å². The lowest BCUT2D eigenvalue weighted by atomic mass is 10.3. The molecule has 0 saturated heterocycles. The van der Waals surface area contributed by atoms with Gasteiger partial charge in [-0.2, -0.15) is 0 Å². The zero-order valence-corrected chi connectivity index (χ0v) is 8.64. The first-order valence-electron chi connectivity index (χ1n) is 4.55. The van der Waals surface area contributed by atoms with Gasteiger partial charge in [-0.05, 0) is 19.1 Å². The number of carbonyl (C=O) groups is 2. The molecule has 6 heteroatoms. The minimum atomic E-state index is -0.934. The number of aromatic hydroxyl groups is 1. The summed E-state index contributed by atoms with van der Waals surface area (Å²) in [7, 11) is 0. The van der Waals surface area contributed by atoms with Crippen LogP contribution in [0.3, 0.4) is 0 Å². The van der Waals surface area contributed by atoms with E-state index >= 15 is 0 Å². The van der Waals surface area contributed by atoms with E-state index in [9.17, 15) is 9.59 Å². The number of nitrogens with two attached hydrogens (primary N) is 1. The fourth-order valence-corrected chi connectivity index (χ4v) is 1.04. The van der Waals surface area contributed by atoms with Crippen LogP contribution in [0.1, 0.15) is 6.92 Å². The number of amides is 3. The lowest BCUT2D eigenvalue weighted by Gasteiger charge is -2.13. The standard InChI is InChI=1S/C10H12N2O4/c1-6(9(14)12-10(11)15)16-8-4-2-3-7(13)5-8/h2-6,13H,1H3,(H3,11,12,14,15). The summed E-state index contributed by atoms with van der Waals surface area (Å²) in [5.74, 6) is -0.289. The van der Waals surface area contributed by atoms with Crippen molar-refractivity contribution in [3.63, 3.8) is 0 Å². The van der Waals surface area contributed by atoms with E-state index in [0.717, 1.165) is 0 Å². The zero-order chi connectivity index (χ0) is 12.1. The van der Waals surface area contributed by atoms with Crippen molar-refractivity contribution < 1.29 is 19.4 Å². The van der Waals surface area contributed by atoms with Crippen molar-refractivity contribution in [2.24, 2.45) is 5.73 Å². The maximum atomic E-state index is 11.2. The molecule has 16 heavy (non-hydrogen) atoms. The third-order valence-electron chi connectivity index (χ3n) is 1.75. The lowest BCUT2D eigenvalue weighted by molar-refractivity contribution is -0.126. The smallest absolute Gasteiger partial charge is 0.318 e. The van der Waals surface area contributed by atoms with Crippen molar-refractivity contribution in [1.29, 1.82) is 0 Å². The molecule has 0 aromatic heterocycles. The Hall–Kier alpha value is -2.24. The monoisotopic (exact) mass is 224 g/mol. The second-order valence-corrected chi connectivity index (χ2v) is 3.11. The second kappa shape index (κ2) is 5.01. The number of primary amides is 1. The fourth-order valence-electron chi connectivity index (χ4n) is 1.04. The second-order valence-electron chi connectivity index (χ2n) is 3.11. The predicted octanol–water partition coefficient (Wildman–Crippen LogP) is 0.354. The average molecular weight is 224 g/mol. The van der Waals surface area contributed by atoms with E-state index in [0.29, 0.717) is 5.75 Å². The number of nitrogens with one attached hydrogen (secondary N) is 1. The minimum Gasteiger partial charge on any atom is -0.508 e. The molecule has 6 nitrogen and oxygen atoms in total. The van der Waals surface area contributed by atoms with Gasteiger partial charge in [0.2, 0.25) is 0 Å². The molecule has 4 N–H and O–H groups in total. The van der Waals surface area contributed by atoms with Crippen LogP contribution < -0.4 is 15.8 Å². The van der Waals surface area contributed by atoms with Crippen LogP contribution in [0.15, 0.2) is 24.3 Å². The maximum absolute atomic E-state index is 11.2. The topological polar surface area (TPSA) is 102 Å². The summed E-state index contributed by atoms with van der Waals surface area (Å²) < 4.78 is 5.18. The predicted molar refractivity (Wildman–Crippen MR) is 55.9 cm³/mol. The number of benzene rings is 1. The summed E-state index contributed by atoms with van der Waals surface area (Å²) in [5, 5.41) is 11.0. The highest BCUT2D eigenvalue weighted by atomic mass is 16.5. The number of imide groups is 1. The summed E-state index contributed by atoms with van der Waals surface area (Å²) in [6.45, 7) is 1.46. The molecule has 1 atom stereocenters. The SMILES string of the molecule is CC(Oc1cccc(O)c1)C(=O)NC(N)=O. The normalized spacial score (nSPS) is 11.6. The van der Waals surface area contributed by atoms with Crippen LogP contribution in [0.4, 0.5) is 4.79 Å². The van der Waals surface area contributed by atoms with E-state index in [2.05, 4.69) is 0 Å². The Morgan fingerprint density at radius 3 is 2.75 bits per heavy atom. The van der Waals surface area contributed by atoms with Crippen LogP contribution in [0.5, 0.6) is 11.5 Å². The lowest BCUT2D eigenvalue weighted by Crippen LogP contribution is -2.42. The van der Waals surface area contributed by atoms with E-state index < -0.39 is 18.0 Å². The van der Waals surface area contributed by atoms with E-state index in [1.54, 1.807) is 12.1 Å². The van der Waals surface area contributed by atoms with Crippen molar-refractivity contribution >= 4 is 11.9 Å². The van der Waals surface area contributed by atoms with E-state index in [1.807, 2.05) is 5.32 Å². The molecule has 0 fully saturated rings. The van der Waals surface area contributed by atoms with Crippen molar-refractivity contribution in [2.45, 2.75) is 13.0 Å². The molecule has 0 heterocycles. The Morgan fingerprint density at radius 2 is 2.19 bits per heavy atom. The van der Waals surface area contributed by atoms with E-state index in [-0.39, 0.29) is 5.75 Å². The molecular formula is C10H12N2O4. The quantitative estimate of drug-likeness (QED) is 0.689. The van der Waals surface area contributed by atoms with Crippen LogP contribution in [-0.2, 0) is 4.79 Å². The molecule has 1 aromatic carbocycles. The maximum Gasteiger partial charge on any atom is 0.318 e. The molecule has 1 rings (SSSR count). The van der Waals surface area contributed by atoms with Crippen molar-refractivity contribution in [1.82, 2.24) is 5.32 Å². The van der Waals surface area contributed by atoms with Gasteiger partial charge in [-0.15, -0.1) is 0 Å². The summed E-state index contributed by atoms with van der Waals surface area (Å²) in [5.41, 5.74) is 4.78. The van der Waals surface area contributed by atoms with Crippen LogP contribution in [0, 0.1) is 0 Å². The Bertz CT molecular complexity index is 406. The third kappa shape index (κ3) is 3.49. The van der Waals surface area contributed by atoms with Gasteiger partial charge >= 0.3 is 6.03 Å². The number of urea groups is 1. The van der Waals surface area contributed by atoms with Gasteiger partial charge in [0.25, 0.3) is 5.91 Å². The Morgan fingerprint density at radius 1 is 1.50 bits per heavy atom. The van der Waals surface area contributed by atoms with Gasteiger partial charge in [-0.3, -0.25) is 10.1 Å². The number of phenolic OH excluding ortho intramolecular Hbond substituents is 1.